The SMILES string of the molecule is NC(=O)[C@H](CCC(=O)c1cccs1)S(=O)(=O)c1ccc(Cl)c(Cl)c1. The van der Waals surface area contributed by atoms with Crippen LogP contribution in [-0.4, -0.2) is 25.4 Å². The predicted molar refractivity (Wildman–Crippen MR) is 94.5 cm³/mol. The van der Waals surface area contributed by atoms with Gasteiger partial charge in [-0.2, -0.15) is 0 Å². The number of hydrogen-bond acceptors (Lipinski definition) is 5. The van der Waals surface area contributed by atoms with E-state index in [-0.39, 0.29) is 33.6 Å². The second-order valence-corrected chi connectivity index (χ2v) is 8.84. The molecule has 1 aromatic heterocycles. The van der Waals surface area contributed by atoms with Crippen LogP contribution >= 0.6 is 34.5 Å². The molecule has 9 heteroatoms. The Morgan fingerprint density at radius 1 is 1.17 bits per heavy atom. The van der Waals surface area contributed by atoms with E-state index < -0.39 is 21.0 Å². The van der Waals surface area contributed by atoms with Gasteiger partial charge in [-0.1, -0.05) is 29.3 Å². The zero-order valence-electron chi connectivity index (χ0n) is 12.2. The van der Waals surface area contributed by atoms with Crippen LogP contribution in [0.2, 0.25) is 10.0 Å². The fraction of sp³-hybridized carbons (Fsp3) is 0.200. The van der Waals surface area contributed by atoms with Gasteiger partial charge in [-0.05, 0) is 36.1 Å². The average molecular weight is 406 g/mol. The first-order valence-electron chi connectivity index (χ1n) is 6.78. The number of Topliss-reactive ketones (excluding diaryl/α,β-unsaturated/α-hetero) is 1. The first-order chi connectivity index (χ1) is 11.2. The molecule has 0 unspecified atom stereocenters. The van der Waals surface area contributed by atoms with Crippen molar-refractivity contribution in [3.8, 4) is 0 Å². The molecule has 2 N–H and O–H groups in total. The van der Waals surface area contributed by atoms with Crippen LogP contribution in [0.25, 0.3) is 0 Å². The van der Waals surface area contributed by atoms with Crippen LogP contribution in [0, 0.1) is 0 Å². The summed E-state index contributed by atoms with van der Waals surface area (Å²) in [5, 5.41) is 0.471. The van der Waals surface area contributed by atoms with Gasteiger partial charge in [-0.3, -0.25) is 9.59 Å². The number of nitrogens with two attached hydrogens (primary N) is 1. The number of carbonyl (C=O) groups is 2. The van der Waals surface area contributed by atoms with Gasteiger partial charge >= 0.3 is 0 Å². The molecule has 128 valence electrons. The normalized spacial score (nSPS) is 12.8. The number of primary amides is 1. The molecule has 0 aliphatic carbocycles. The first kappa shape index (κ1) is 18.9. The summed E-state index contributed by atoms with van der Waals surface area (Å²) in [6.45, 7) is 0. The molecule has 0 spiro atoms. The summed E-state index contributed by atoms with van der Waals surface area (Å²) in [4.78, 5) is 24.0. The molecule has 2 aromatic rings. The molecular weight excluding hydrogens is 393 g/mol. The molecule has 0 aliphatic heterocycles. The maximum Gasteiger partial charge on any atom is 0.236 e. The Morgan fingerprint density at radius 3 is 2.42 bits per heavy atom. The minimum atomic E-state index is -4.07. The van der Waals surface area contributed by atoms with Crippen LogP contribution in [0.3, 0.4) is 0 Å². The lowest BCUT2D eigenvalue weighted by Crippen LogP contribution is -2.36. The standard InChI is InChI=1S/C15H13Cl2NO4S2/c16-10-4-3-9(8-11(10)17)24(21,22)14(15(18)20)6-5-12(19)13-2-1-7-23-13/h1-4,7-8,14H,5-6H2,(H2,18,20)/t14-/m0/s1. The number of sulfone groups is 1. The van der Waals surface area contributed by atoms with Gasteiger partial charge in [0.05, 0.1) is 19.8 Å². The molecule has 1 heterocycles. The van der Waals surface area contributed by atoms with Crippen LogP contribution in [0.1, 0.15) is 22.5 Å². The third-order valence-electron chi connectivity index (χ3n) is 3.34. The molecule has 0 bridgehead atoms. The lowest BCUT2D eigenvalue weighted by Gasteiger charge is -2.14. The van der Waals surface area contributed by atoms with Gasteiger partial charge < -0.3 is 5.73 Å². The van der Waals surface area contributed by atoms with Crippen LogP contribution < -0.4 is 5.73 Å². The zero-order valence-corrected chi connectivity index (χ0v) is 15.4. The molecule has 1 atom stereocenters. The maximum absolute atomic E-state index is 12.6. The number of ketones is 1. The smallest absolute Gasteiger partial charge is 0.236 e. The summed E-state index contributed by atoms with van der Waals surface area (Å²) in [5.74, 6) is -1.25. The van der Waals surface area contributed by atoms with Crippen molar-refractivity contribution >= 4 is 56.1 Å². The lowest BCUT2D eigenvalue weighted by molar-refractivity contribution is -0.117. The minimum Gasteiger partial charge on any atom is -0.369 e. The monoisotopic (exact) mass is 405 g/mol. The quantitative estimate of drug-likeness (QED) is 0.714. The summed E-state index contributed by atoms with van der Waals surface area (Å²) in [6.07, 6.45) is -0.302. The first-order valence-corrected chi connectivity index (χ1v) is 9.96. The van der Waals surface area contributed by atoms with E-state index in [0.29, 0.717) is 4.88 Å². The number of carbonyl (C=O) groups excluding carboxylic acids is 2. The van der Waals surface area contributed by atoms with E-state index in [1.807, 2.05) is 0 Å². The highest BCUT2D eigenvalue weighted by atomic mass is 35.5. The van der Waals surface area contributed by atoms with Gasteiger partial charge in [-0.25, -0.2) is 8.42 Å². The van der Waals surface area contributed by atoms with Gasteiger partial charge in [0.15, 0.2) is 15.6 Å². The Labute approximate surface area is 153 Å². The zero-order chi connectivity index (χ0) is 17.9. The Hall–Kier alpha value is -1.41. The lowest BCUT2D eigenvalue weighted by atomic mass is 10.1. The van der Waals surface area contributed by atoms with Crippen molar-refractivity contribution in [3.05, 3.63) is 50.6 Å². The van der Waals surface area contributed by atoms with Crippen molar-refractivity contribution in [1.82, 2.24) is 0 Å². The Kier molecular flexibility index (Phi) is 6.03. The highest BCUT2D eigenvalue weighted by Crippen LogP contribution is 2.28. The molecule has 1 amide bonds. The minimum absolute atomic E-state index is 0.0515. The largest absolute Gasteiger partial charge is 0.369 e. The summed E-state index contributed by atoms with van der Waals surface area (Å²) in [6, 6.07) is 7.10. The van der Waals surface area contributed by atoms with Gasteiger partial charge in [0, 0.05) is 6.42 Å². The van der Waals surface area contributed by atoms with Crippen LogP contribution in [-0.2, 0) is 14.6 Å². The van der Waals surface area contributed by atoms with E-state index in [4.69, 9.17) is 28.9 Å². The predicted octanol–water partition coefficient (Wildman–Crippen LogP) is 3.35. The highest BCUT2D eigenvalue weighted by molar-refractivity contribution is 7.92. The third kappa shape index (κ3) is 4.16. The van der Waals surface area contributed by atoms with E-state index in [1.54, 1.807) is 17.5 Å². The molecule has 5 nitrogen and oxygen atoms in total. The van der Waals surface area contributed by atoms with Gasteiger partial charge in [0.25, 0.3) is 0 Å². The summed E-state index contributed by atoms with van der Waals surface area (Å²) in [7, 11) is -4.07. The second kappa shape index (κ2) is 7.65. The fourth-order valence-electron chi connectivity index (χ4n) is 2.09. The average Bonchev–Trinajstić information content (AvgIpc) is 3.03. The molecule has 1 aromatic carbocycles. The number of amides is 1. The van der Waals surface area contributed by atoms with Crippen molar-refractivity contribution in [2.45, 2.75) is 23.0 Å². The molecular formula is C15H13Cl2NO4S2. The Balaban J connectivity index is 2.24. The summed E-state index contributed by atoms with van der Waals surface area (Å²) >= 11 is 12.9. The van der Waals surface area contributed by atoms with Crippen molar-refractivity contribution < 1.29 is 18.0 Å². The van der Waals surface area contributed by atoms with Gasteiger partial charge in [-0.15, -0.1) is 11.3 Å². The molecule has 24 heavy (non-hydrogen) atoms. The van der Waals surface area contributed by atoms with Gasteiger partial charge in [0.2, 0.25) is 5.91 Å². The number of thiophene rings is 1. The van der Waals surface area contributed by atoms with E-state index in [9.17, 15) is 18.0 Å². The molecule has 0 aliphatic rings. The molecule has 0 radical (unpaired) electrons. The molecule has 2 rings (SSSR count). The van der Waals surface area contributed by atoms with E-state index in [0.717, 1.165) is 6.07 Å². The Morgan fingerprint density at radius 2 is 1.88 bits per heavy atom. The second-order valence-electron chi connectivity index (χ2n) is 4.95. The summed E-state index contributed by atoms with van der Waals surface area (Å²) < 4.78 is 25.3. The van der Waals surface area contributed by atoms with Crippen LogP contribution in [0.4, 0.5) is 0 Å². The molecule has 0 fully saturated rings. The fourth-order valence-corrected chi connectivity index (χ4v) is 4.75. The van der Waals surface area contributed by atoms with E-state index >= 15 is 0 Å². The molecule has 0 saturated carbocycles. The number of hydrogen-bond donors (Lipinski definition) is 1. The van der Waals surface area contributed by atoms with Crippen molar-refractivity contribution in [1.29, 1.82) is 0 Å². The van der Waals surface area contributed by atoms with E-state index in [2.05, 4.69) is 0 Å². The third-order valence-corrected chi connectivity index (χ3v) is 7.12. The van der Waals surface area contributed by atoms with Crippen molar-refractivity contribution in [2.75, 3.05) is 0 Å². The van der Waals surface area contributed by atoms with E-state index in [1.165, 1.54) is 23.5 Å². The molecule has 0 saturated heterocycles. The number of rotatable bonds is 7. The number of halogens is 2. The van der Waals surface area contributed by atoms with Crippen molar-refractivity contribution in [3.63, 3.8) is 0 Å². The van der Waals surface area contributed by atoms with Crippen molar-refractivity contribution in [2.24, 2.45) is 5.73 Å². The maximum atomic E-state index is 12.6. The number of benzene rings is 1. The Bertz CT molecular complexity index is 864. The van der Waals surface area contributed by atoms with Gasteiger partial charge in [0.1, 0.15) is 5.25 Å². The van der Waals surface area contributed by atoms with Crippen LogP contribution in [0.5, 0.6) is 0 Å². The summed E-state index contributed by atoms with van der Waals surface area (Å²) in [5.41, 5.74) is 5.25. The highest BCUT2D eigenvalue weighted by Gasteiger charge is 2.33. The van der Waals surface area contributed by atoms with Crippen LogP contribution in [0.15, 0.2) is 40.6 Å². The topological polar surface area (TPSA) is 94.3 Å².